The highest BCUT2D eigenvalue weighted by Gasteiger charge is 2.49. The van der Waals surface area contributed by atoms with Gasteiger partial charge in [-0.25, -0.2) is 8.78 Å². The van der Waals surface area contributed by atoms with E-state index in [0.29, 0.717) is 43.3 Å². The van der Waals surface area contributed by atoms with E-state index in [-0.39, 0.29) is 41.9 Å². The average molecular weight is 417 g/mol. The number of carbonyl (C=O) groups is 1. The quantitative estimate of drug-likeness (QED) is 0.537. The Kier molecular flexibility index (Phi) is 5.32. The Morgan fingerprint density at radius 2 is 1.93 bits per heavy atom. The maximum Gasteiger partial charge on any atom is 0.239 e. The summed E-state index contributed by atoms with van der Waals surface area (Å²) in [5.41, 5.74) is 0.170. The molecule has 0 spiro atoms. The number of nitrogens with zero attached hydrogens (tertiary/aromatic N) is 1. The molecule has 8 atom stereocenters. The predicted molar refractivity (Wildman–Crippen MR) is 103 cm³/mol. The third-order valence-electron chi connectivity index (χ3n) is 7.29. The van der Waals surface area contributed by atoms with Gasteiger partial charge < -0.3 is 15.3 Å². The molecule has 0 aromatic carbocycles. The first-order valence-corrected chi connectivity index (χ1v) is 11.6. The van der Waals surface area contributed by atoms with Gasteiger partial charge in [-0.3, -0.25) is 15.4 Å². The summed E-state index contributed by atoms with van der Waals surface area (Å²) in [6.07, 6.45) is 0.812. The molecule has 0 bridgehead atoms. The van der Waals surface area contributed by atoms with E-state index in [2.05, 4.69) is 16.0 Å². The summed E-state index contributed by atoms with van der Waals surface area (Å²) < 4.78 is 27.9. The molecule has 0 radical (unpaired) electrons. The van der Waals surface area contributed by atoms with E-state index in [1.165, 1.54) is 0 Å². The minimum Gasteiger partial charge on any atom is -0.393 e. The van der Waals surface area contributed by atoms with Gasteiger partial charge in [0.15, 0.2) is 0 Å². The Bertz CT molecular complexity index is 610. The number of piperidine rings is 1. The van der Waals surface area contributed by atoms with Crippen LogP contribution in [0.3, 0.4) is 0 Å². The fraction of sp³-hybridized carbons (Fsp3) is 0.947. The first-order chi connectivity index (χ1) is 13.5. The van der Waals surface area contributed by atoms with Crippen molar-refractivity contribution in [1.29, 1.82) is 0 Å². The second-order valence-corrected chi connectivity index (χ2v) is 10.5. The highest BCUT2D eigenvalue weighted by atomic mass is 32.2. The van der Waals surface area contributed by atoms with Crippen LogP contribution >= 0.6 is 11.8 Å². The highest BCUT2D eigenvalue weighted by molar-refractivity contribution is 8.00. The maximum atomic E-state index is 14.2. The van der Waals surface area contributed by atoms with Gasteiger partial charge in [-0.15, -0.1) is 11.8 Å². The van der Waals surface area contributed by atoms with Gasteiger partial charge in [0, 0.05) is 42.4 Å². The number of rotatable bonds is 3. The van der Waals surface area contributed by atoms with Crippen molar-refractivity contribution in [2.45, 2.75) is 91.9 Å². The van der Waals surface area contributed by atoms with Gasteiger partial charge >= 0.3 is 0 Å². The van der Waals surface area contributed by atoms with Crippen LogP contribution in [0, 0.1) is 5.92 Å². The van der Waals surface area contributed by atoms with Gasteiger partial charge in [0.05, 0.1) is 12.1 Å². The zero-order chi connectivity index (χ0) is 19.4. The number of carbonyl (C=O) groups excluding carboxylic acids is 1. The number of likely N-dealkylation sites (tertiary alicyclic amines) is 1. The van der Waals surface area contributed by atoms with E-state index in [1.807, 2.05) is 16.7 Å². The molecule has 1 amide bonds. The molecule has 4 N–H and O–H groups in total. The molecular formula is C19H30F2N4O2S. The van der Waals surface area contributed by atoms with Crippen molar-refractivity contribution in [3.63, 3.8) is 0 Å². The van der Waals surface area contributed by atoms with Gasteiger partial charge in [-0.05, 0) is 38.5 Å². The number of hydrogen-bond acceptors (Lipinski definition) is 6. The number of aliphatic hydroxyl groups is 1. The summed E-state index contributed by atoms with van der Waals surface area (Å²) in [6, 6.07) is 0.317. The van der Waals surface area contributed by atoms with Crippen LogP contribution in [-0.4, -0.2) is 82.4 Å². The van der Waals surface area contributed by atoms with Crippen LogP contribution in [-0.2, 0) is 4.79 Å². The molecule has 3 aliphatic heterocycles. The van der Waals surface area contributed by atoms with E-state index in [1.54, 1.807) is 0 Å². The number of amides is 1. The maximum absolute atomic E-state index is 14.2. The molecule has 2 aliphatic carbocycles. The van der Waals surface area contributed by atoms with Crippen LogP contribution in [0.5, 0.6) is 0 Å². The van der Waals surface area contributed by atoms with Crippen LogP contribution in [0.25, 0.3) is 0 Å². The molecule has 5 aliphatic rings. The van der Waals surface area contributed by atoms with E-state index in [0.717, 1.165) is 19.3 Å². The molecular weight excluding hydrogens is 386 g/mol. The summed E-state index contributed by atoms with van der Waals surface area (Å²) in [4.78, 5) is 15.0. The molecule has 8 unspecified atom stereocenters. The lowest BCUT2D eigenvalue weighted by atomic mass is 9.82. The van der Waals surface area contributed by atoms with Crippen molar-refractivity contribution < 1.29 is 18.7 Å². The smallest absolute Gasteiger partial charge is 0.239 e. The van der Waals surface area contributed by atoms with Crippen LogP contribution in [0.1, 0.15) is 38.5 Å². The van der Waals surface area contributed by atoms with Crippen molar-refractivity contribution >= 4 is 17.7 Å². The molecule has 0 aromatic heterocycles. The molecule has 2 saturated carbocycles. The SMILES string of the molecule is O=C(C1CC2C(CCC(F)C2F)N1)N1CCC2NC(NC3CC(O)C3)SC2C1. The molecule has 158 valence electrons. The van der Waals surface area contributed by atoms with Gasteiger partial charge in [0.1, 0.15) is 17.8 Å². The second-order valence-electron chi connectivity index (χ2n) is 9.15. The Hall–Kier alpha value is -0.480. The Morgan fingerprint density at radius 1 is 1.11 bits per heavy atom. The van der Waals surface area contributed by atoms with Crippen molar-refractivity contribution in [1.82, 2.24) is 20.9 Å². The number of halogens is 2. The third-order valence-corrected chi connectivity index (χ3v) is 8.66. The van der Waals surface area contributed by atoms with Gasteiger partial charge in [0.2, 0.25) is 5.91 Å². The number of fused-ring (bicyclic) bond motifs is 2. The van der Waals surface area contributed by atoms with Crippen molar-refractivity contribution in [2.75, 3.05) is 13.1 Å². The fourth-order valence-electron chi connectivity index (χ4n) is 5.57. The lowest BCUT2D eigenvalue weighted by Gasteiger charge is -2.35. The monoisotopic (exact) mass is 416 g/mol. The van der Waals surface area contributed by atoms with E-state index < -0.39 is 12.3 Å². The summed E-state index contributed by atoms with van der Waals surface area (Å²) in [6.45, 7) is 1.41. The number of nitrogens with one attached hydrogen (secondary N) is 3. The molecule has 28 heavy (non-hydrogen) atoms. The molecule has 3 saturated heterocycles. The number of alkyl halides is 2. The Labute approximate surface area is 168 Å². The van der Waals surface area contributed by atoms with E-state index in [4.69, 9.17) is 0 Å². The topological polar surface area (TPSA) is 76.6 Å². The summed E-state index contributed by atoms with van der Waals surface area (Å²) in [5, 5.41) is 20.2. The molecule has 9 heteroatoms. The normalized spacial score (nSPS) is 50.8. The second kappa shape index (κ2) is 7.65. The zero-order valence-electron chi connectivity index (χ0n) is 15.9. The van der Waals surface area contributed by atoms with E-state index >= 15 is 0 Å². The van der Waals surface area contributed by atoms with Crippen LogP contribution in [0.4, 0.5) is 8.78 Å². The first kappa shape index (κ1) is 19.5. The predicted octanol–water partition coefficient (Wildman–Crippen LogP) is 0.506. The molecule has 6 nitrogen and oxygen atoms in total. The summed E-state index contributed by atoms with van der Waals surface area (Å²) in [7, 11) is 0. The number of thioether (sulfide) groups is 1. The minimum atomic E-state index is -1.44. The summed E-state index contributed by atoms with van der Waals surface area (Å²) >= 11 is 1.83. The highest BCUT2D eigenvalue weighted by Crippen LogP contribution is 2.38. The van der Waals surface area contributed by atoms with Crippen molar-refractivity contribution in [3.05, 3.63) is 0 Å². The summed E-state index contributed by atoms with van der Waals surface area (Å²) in [5.74, 6) is -0.321. The van der Waals surface area contributed by atoms with E-state index in [9.17, 15) is 18.7 Å². The van der Waals surface area contributed by atoms with Crippen molar-refractivity contribution in [3.8, 4) is 0 Å². The standard InChI is InChI=1S/C19H30F2N4O2S/c20-12-1-2-13-11(17(12)21)7-15(23-13)18(27)25-4-3-14-16(8-25)28-19(24-14)22-9-5-10(26)6-9/h9-17,19,22-24,26H,1-8H2. The minimum absolute atomic E-state index is 0.0505. The average Bonchev–Trinajstić information content (AvgIpc) is 3.26. The lowest BCUT2D eigenvalue weighted by molar-refractivity contribution is -0.134. The van der Waals surface area contributed by atoms with Gasteiger partial charge in [0.25, 0.3) is 0 Å². The first-order valence-electron chi connectivity index (χ1n) is 10.7. The molecule has 0 aromatic rings. The van der Waals surface area contributed by atoms with Gasteiger partial charge in [-0.1, -0.05) is 0 Å². The lowest BCUT2D eigenvalue weighted by Crippen LogP contribution is -2.55. The Morgan fingerprint density at radius 3 is 2.71 bits per heavy atom. The van der Waals surface area contributed by atoms with Crippen LogP contribution in [0.2, 0.25) is 0 Å². The zero-order valence-corrected chi connectivity index (χ0v) is 16.7. The third kappa shape index (κ3) is 3.57. The molecule has 5 rings (SSSR count). The number of aliphatic hydroxyl groups excluding tert-OH is 1. The number of hydrogen-bond donors (Lipinski definition) is 4. The Balaban J connectivity index is 1.14. The van der Waals surface area contributed by atoms with Crippen LogP contribution in [0.15, 0.2) is 0 Å². The van der Waals surface area contributed by atoms with Crippen LogP contribution < -0.4 is 16.0 Å². The molecule has 5 fully saturated rings. The largest absolute Gasteiger partial charge is 0.393 e. The van der Waals surface area contributed by atoms with Crippen molar-refractivity contribution in [2.24, 2.45) is 5.92 Å². The fourth-order valence-corrected chi connectivity index (χ4v) is 7.12. The molecule has 3 heterocycles. The van der Waals surface area contributed by atoms with Gasteiger partial charge in [-0.2, -0.15) is 0 Å².